The number of anilines is 1. The lowest BCUT2D eigenvalue weighted by Crippen LogP contribution is -2.44. The van der Waals surface area contributed by atoms with Crippen LogP contribution in [0.4, 0.5) is 5.82 Å². The molecule has 3 heterocycles. The topological polar surface area (TPSA) is 54.4 Å². The molecule has 0 aliphatic carbocycles. The highest BCUT2D eigenvalue weighted by atomic mass is 35.5. The summed E-state index contributed by atoms with van der Waals surface area (Å²) in [4.78, 5) is 8.77. The van der Waals surface area contributed by atoms with Crippen LogP contribution in [0.2, 0.25) is 10.4 Å². The third-order valence-corrected chi connectivity index (χ3v) is 4.03. The first-order valence-corrected chi connectivity index (χ1v) is 7.12. The van der Waals surface area contributed by atoms with Crippen molar-refractivity contribution in [2.24, 2.45) is 0 Å². The zero-order chi connectivity index (χ0) is 13.2. The molecule has 1 atom stereocenters. The number of morpholine rings is 1. The van der Waals surface area contributed by atoms with Gasteiger partial charge in [-0.1, -0.05) is 11.6 Å². The number of hydrogen-bond donors (Lipinski definition) is 0. The van der Waals surface area contributed by atoms with E-state index in [0.29, 0.717) is 17.0 Å². The van der Waals surface area contributed by atoms with Crippen molar-refractivity contribution in [1.82, 2.24) is 20.1 Å². The minimum Gasteiger partial charge on any atom is -0.379 e. The Morgan fingerprint density at radius 2 is 1.89 bits per heavy atom. The Hall–Kier alpha value is -0.690. The van der Waals surface area contributed by atoms with Crippen LogP contribution in [0.3, 0.4) is 0 Å². The van der Waals surface area contributed by atoms with Gasteiger partial charge in [0, 0.05) is 32.2 Å². The Balaban J connectivity index is 1.69. The van der Waals surface area contributed by atoms with E-state index in [4.69, 9.17) is 27.9 Å². The monoisotopic (exact) mass is 303 g/mol. The summed E-state index contributed by atoms with van der Waals surface area (Å²) in [6, 6.07) is 0.522. The zero-order valence-electron chi connectivity index (χ0n) is 10.4. The molecule has 0 N–H and O–H groups in total. The highest BCUT2D eigenvalue weighted by Crippen LogP contribution is 2.27. The van der Waals surface area contributed by atoms with E-state index in [1.165, 1.54) is 0 Å². The van der Waals surface area contributed by atoms with Crippen LogP contribution in [0.1, 0.15) is 6.42 Å². The quantitative estimate of drug-likeness (QED) is 0.815. The second-order valence-electron chi connectivity index (χ2n) is 4.73. The Labute approximate surface area is 121 Å². The molecule has 0 saturated carbocycles. The van der Waals surface area contributed by atoms with E-state index < -0.39 is 0 Å². The Morgan fingerprint density at radius 1 is 1.11 bits per heavy atom. The van der Waals surface area contributed by atoms with Crippen LogP contribution in [0.25, 0.3) is 0 Å². The number of halogens is 2. The summed E-state index contributed by atoms with van der Waals surface area (Å²) in [6.45, 7) is 5.44. The lowest BCUT2D eigenvalue weighted by atomic mass is 10.2. The van der Waals surface area contributed by atoms with Crippen LogP contribution in [0, 0.1) is 0 Å². The van der Waals surface area contributed by atoms with Crippen molar-refractivity contribution in [3.8, 4) is 0 Å². The maximum atomic E-state index is 6.04. The fourth-order valence-electron chi connectivity index (χ4n) is 2.66. The molecule has 1 aromatic rings. The molecule has 3 rings (SSSR count). The molecule has 19 heavy (non-hydrogen) atoms. The molecule has 0 amide bonds. The molecule has 2 fully saturated rings. The summed E-state index contributed by atoms with van der Waals surface area (Å²) in [5, 5.41) is 7.89. The van der Waals surface area contributed by atoms with Gasteiger partial charge in [-0.2, -0.15) is 4.98 Å². The number of nitrogens with zero attached hydrogens (tertiary/aromatic N) is 5. The Morgan fingerprint density at radius 3 is 2.68 bits per heavy atom. The van der Waals surface area contributed by atoms with Crippen LogP contribution in [0.15, 0.2) is 0 Å². The van der Waals surface area contributed by atoms with Gasteiger partial charge in [-0.05, 0) is 18.0 Å². The zero-order valence-corrected chi connectivity index (χ0v) is 11.9. The summed E-state index contributed by atoms with van der Waals surface area (Å²) in [5.41, 5.74) is 0. The van der Waals surface area contributed by atoms with Crippen LogP contribution in [-0.2, 0) is 4.74 Å². The molecule has 0 aromatic carbocycles. The molecule has 2 aliphatic heterocycles. The summed E-state index contributed by atoms with van der Waals surface area (Å²) >= 11 is 11.8. The predicted octanol–water partition coefficient (Wildman–Crippen LogP) is 1.09. The molecule has 1 unspecified atom stereocenters. The fourth-order valence-corrected chi connectivity index (χ4v) is 2.98. The molecule has 8 heteroatoms. The Bertz CT molecular complexity index is 455. The van der Waals surface area contributed by atoms with Crippen molar-refractivity contribution in [1.29, 1.82) is 0 Å². The van der Waals surface area contributed by atoms with Gasteiger partial charge in [-0.15, -0.1) is 10.2 Å². The third-order valence-electron chi connectivity index (χ3n) is 3.63. The van der Waals surface area contributed by atoms with Gasteiger partial charge < -0.3 is 9.64 Å². The average Bonchev–Trinajstić information content (AvgIpc) is 2.92. The predicted molar refractivity (Wildman–Crippen MR) is 72.9 cm³/mol. The van der Waals surface area contributed by atoms with E-state index >= 15 is 0 Å². The van der Waals surface area contributed by atoms with Crippen LogP contribution in [-0.4, -0.2) is 65.5 Å². The van der Waals surface area contributed by atoms with Gasteiger partial charge in [-0.25, -0.2) is 0 Å². The standard InChI is InChI=1S/C11H15Cl2N5O/c12-9-10(14-11(13)16-15-9)18-2-1-8(7-18)17-3-5-19-6-4-17/h8H,1-7H2. The molecular weight excluding hydrogens is 289 g/mol. The number of ether oxygens (including phenoxy) is 1. The van der Waals surface area contributed by atoms with Crippen LogP contribution in [0.5, 0.6) is 0 Å². The van der Waals surface area contributed by atoms with E-state index in [9.17, 15) is 0 Å². The van der Waals surface area contributed by atoms with Crippen molar-refractivity contribution >= 4 is 29.0 Å². The van der Waals surface area contributed by atoms with Crippen molar-refractivity contribution in [3.63, 3.8) is 0 Å². The van der Waals surface area contributed by atoms with Gasteiger partial charge in [0.2, 0.25) is 5.28 Å². The maximum Gasteiger partial charge on any atom is 0.245 e. The molecule has 2 saturated heterocycles. The number of aromatic nitrogens is 3. The molecule has 0 radical (unpaired) electrons. The SMILES string of the molecule is Clc1nnc(Cl)c(N2CCC(N3CCOCC3)C2)n1. The molecule has 0 bridgehead atoms. The summed E-state index contributed by atoms with van der Waals surface area (Å²) < 4.78 is 5.38. The summed E-state index contributed by atoms with van der Waals surface area (Å²) in [7, 11) is 0. The second-order valence-corrected chi connectivity index (χ2v) is 5.43. The van der Waals surface area contributed by atoms with E-state index in [-0.39, 0.29) is 5.28 Å². The van der Waals surface area contributed by atoms with Crippen molar-refractivity contribution < 1.29 is 4.74 Å². The highest BCUT2D eigenvalue weighted by molar-refractivity contribution is 6.32. The lowest BCUT2D eigenvalue weighted by Gasteiger charge is -2.32. The number of rotatable bonds is 2. The molecule has 0 spiro atoms. The largest absolute Gasteiger partial charge is 0.379 e. The minimum atomic E-state index is 0.134. The van der Waals surface area contributed by atoms with Crippen LogP contribution < -0.4 is 4.90 Å². The lowest BCUT2D eigenvalue weighted by molar-refractivity contribution is 0.0209. The number of hydrogen-bond acceptors (Lipinski definition) is 6. The first-order valence-electron chi connectivity index (χ1n) is 6.36. The van der Waals surface area contributed by atoms with Gasteiger partial charge >= 0.3 is 0 Å². The van der Waals surface area contributed by atoms with Gasteiger partial charge in [0.1, 0.15) is 0 Å². The van der Waals surface area contributed by atoms with Crippen molar-refractivity contribution in [3.05, 3.63) is 10.4 Å². The van der Waals surface area contributed by atoms with Gasteiger partial charge in [0.05, 0.1) is 13.2 Å². The molecule has 1 aromatic heterocycles. The van der Waals surface area contributed by atoms with Crippen molar-refractivity contribution in [2.45, 2.75) is 12.5 Å². The average molecular weight is 304 g/mol. The van der Waals surface area contributed by atoms with Gasteiger partial charge in [0.15, 0.2) is 11.0 Å². The van der Waals surface area contributed by atoms with Gasteiger partial charge in [0.25, 0.3) is 0 Å². The maximum absolute atomic E-state index is 6.04. The summed E-state index contributed by atoms with van der Waals surface area (Å²) in [5.74, 6) is 0.637. The molecule has 6 nitrogen and oxygen atoms in total. The van der Waals surface area contributed by atoms with E-state index in [0.717, 1.165) is 45.8 Å². The summed E-state index contributed by atoms with van der Waals surface area (Å²) in [6.07, 6.45) is 1.10. The van der Waals surface area contributed by atoms with E-state index in [2.05, 4.69) is 25.0 Å². The van der Waals surface area contributed by atoms with Crippen molar-refractivity contribution in [2.75, 3.05) is 44.3 Å². The minimum absolute atomic E-state index is 0.134. The molecule has 2 aliphatic rings. The smallest absolute Gasteiger partial charge is 0.245 e. The first-order chi connectivity index (χ1) is 9.24. The van der Waals surface area contributed by atoms with Gasteiger partial charge in [-0.3, -0.25) is 4.90 Å². The normalized spacial score (nSPS) is 24.9. The fraction of sp³-hybridized carbons (Fsp3) is 0.727. The van der Waals surface area contributed by atoms with E-state index in [1.54, 1.807) is 0 Å². The van der Waals surface area contributed by atoms with Crippen LogP contribution >= 0.6 is 23.2 Å². The van der Waals surface area contributed by atoms with E-state index in [1.807, 2.05) is 0 Å². The highest BCUT2D eigenvalue weighted by Gasteiger charge is 2.30. The Kier molecular flexibility index (Phi) is 4.02. The second kappa shape index (κ2) is 5.75. The first kappa shape index (κ1) is 13.3. The third kappa shape index (κ3) is 2.91. The molecule has 104 valence electrons. The molecular formula is C11H15Cl2N5O.